The smallest absolute Gasteiger partial charge is 0.327 e. The number of nitrogens with zero attached hydrogens (tertiary/aromatic N) is 3. The van der Waals surface area contributed by atoms with Crippen molar-refractivity contribution >= 4 is 41.0 Å². The molecule has 0 spiro atoms. The van der Waals surface area contributed by atoms with Gasteiger partial charge in [0.25, 0.3) is 6.20 Å². The maximum absolute atomic E-state index is 13.4. The van der Waals surface area contributed by atoms with Gasteiger partial charge in [-0.05, 0) is 47.6 Å². The van der Waals surface area contributed by atoms with Crippen LogP contribution in [0.3, 0.4) is 0 Å². The topological polar surface area (TPSA) is 236 Å². The lowest BCUT2D eigenvalue weighted by Crippen LogP contribution is -2.58. The van der Waals surface area contributed by atoms with Gasteiger partial charge in [0.1, 0.15) is 18.1 Å². The molecule has 17 nitrogen and oxygen atoms in total. The van der Waals surface area contributed by atoms with Crippen molar-refractivity contribution in [2.45, 2.75) is 72.0 Å². The average molecular weight is 767 g/mol. The van der Waals surface area contributed by atoms with Crippen molar-refractivity contribution in [2.75, 3.05) is 49.9 Å². The molecule has 1 fully saturated rings. The molecule has 1 aliphatic heterocycles. The predicted octanol–water partition coefficient (Wildman–Crippen LogP) is 2.55. The number of anilines is 2. The molecule has 0 saturated carbocycles. The molecule has 0 radical (unpaired) electrons. The minimum absolute atomic E-state index is 0.00174. The third-order valence-electron chi connectivity index (χ3n) is 8.53. The van der Waals surface area contributed by atoms with Gasteiger partial charge in [-0.2, -0.15) is 0 Å². The van der Waals surface area contributed by atoms with Crippen LogP contribution in [0.1, 0.15) is 53.0 Å². The highest BCUT2D eigenvalue weighted by Crippen LogP contribution is 2.19. The number of nitro groups is 1. The van der Waals surface area contributed by atoms with E-state index in [0.717, 1.165) is 6.20 Å². The van der Waals surface area contributed by atoms with Gasteiger partial charge in [0, 0.05) is 57.1 Å². The van der Waals surface area contributed by atoms with E-state index in [1.807, 2.05) is 50.5 Å². The van der Waals surface area contributed by atoms with Crippen LogP contribution < -0.4 is 26.6 Å². The number of carbonyl (C=O) groups is 5. The minimum atomic E-state index is -1.26. The zero-order valence-electron chi connectivity index (χ0n) is 32.0. The average Bonchev–Trinajstić information content (AvgIpc) is 3.08. The Bertz CT molecular complexity index is 1650. The van der Waals surface area contributed by atoms with Crippen molar-refractivity contribution in [3.63, 3.8) is 0 Å². The summed E-state index contributed by atoms with van der Waals surface area (Å²) in [6.07, 6.45) is 1.19. The van der Waals surface area contributed by atoms with Gasteiger partial charge in [-0.3, -0.25) is 34.3 Å². The molecule has 1 aliphatic rings. The molecule has 2 aromatic carbocycles. The van der Waals surface area contributed by atoms with Gasteiger partial charge in [-0.25, -0.2) is 9.59 Å². The fourth-order valence-corrected chi connectivity index (χ4v) is 5.91. The second-order valence-electron chi connectivity index (χ2n) is 15.3. The lowest BCUT2D eigenvalue weighted by atomic mass is 9.92. The maximum Gasteiger partial charge on any atom is 0.327 e. The van der Waals surface area contributed by atoms with E-state index < -0.39 is 46.8 Å². The first-order chi connectivity index (χ1) is 25.9. The molecule has 0 bridgehead atoms. The number of benzene rings is 2. The SMILES string of the molecule is CC(C)CC(NC(=O)Cc1ccc(N/C(=C/[N+](=O)[O-])Nc2ccccc2)cc1)C(=O)NC(CN1CCN(CC(NC(=O)CC(C)(C)C)C(=O)O)CC1)C(=O)O. The molecular formula is C38H54N8O9. The van der Waals surface area contributed by atoms with Gasteiger partial charge in [0.2, 0.25) is 17.7 Å². The summed E-state index contributed by atoms with van der Waals surface area (Å²) in [4.78, 5) is 77.4. The summed E-state index contributed by atoms with van der Waals surface area (Å²) in [7, 11) is 0. The summed E-state index contributed by atoms with van der Waals surface area (Å²) in [6, 6.07) is 12.3. The normalized spacial score (nSPS) is 15.6. The summed E-state index contributed by atoms with van der Waals surface area (Å²) in [5.74, 6) is -3.66. The largest absolute Gasteiger partial charge is 0.480 e. The Hall–Kier alpha value is -5.55. The summed E-state index contributed by atoms with van der Waals surface area (Å²) in [5.41, 5.74) is 1.50. The van der Waals surface area contributed by atoms with E-state index in [1.165, 1.54) is 0 Å². The fourth-order valence-electron chi connectivity index (χ4n) is 5.91. The Balaban J connectivity index is 1.54. The number of carbonyl (C=O) groups excluding carboxylic acids is 3. The molecule has 300 valence electrons. The first-order valence-corrected chi connectivity index (χ1v) is 18.2. The van der Waals surface area contributed by atoms with Crippen molar-refractivity contribution in [1.82, 2.24) is 25.8 Å². The number of aliphatic carboxylic acids is 2. The third kappa shape index (κ3) is 16.6. The molecule has 3 atom stereocenters. The number of hydrogen-bond acceptors (Lipinski definition) is 11. The number of nitrogens with one attached hydrogen (secondary N) is 5. The highest BCUT2D eigenvalue weighted by atomic mass is 16.6. The second kappa shape index (κ2) is 20.8. The minimum Gasteiger partial charge on any atom is -0.480 e. The molecule has 7 N–H and O–H groups in total. The van der Waals surface area contributed by atoms with Crippen LogP contribution in [-0.2, 0) is 30.4 Å². The van der Waals surface area contributed by atoms with Crippen molar-refractivity contribution in [3.05, 3.63) is 82.3 Å². The molecule has 3 unspecified atom stereocenters. The van der Waals surface area contributed by atoms with Crippen LogP contribution in [0.5, 0.6) is 0 Å². The number of amides is 3. The number of carboxylic acids is 2. The molecule has 0 aliphatic carbocycles. The first kappa shape index (κ1) is 43.9. The molecular weight excluding hydrogens is 712 g/mol. The molecule has 2 aromatic rings. The Morgan fingerprint density at radius 1 is 0.764 bits per heavy atom. The molecule has 17 heteroatoms. The lowest BCUT2D eigenvalue weighted by molar-refractivity contribution is -0.403. The third-order valence-corrected chi connectivity index (χ3v) is 8.53. The van der Waals surface area contributed by atoms with Gasteiger partial charge in [-0.15, -0.1) is 0 Å². The number of carboxylic acid groups (broad SMARTS) is 2. The number of piperazine rings is 1. The standard InChI is InChI=1S/C38H54N8O9/c1-25(2)19-29(41-33(47)20-26-11-13-28(14-12-26)40-32(24-46(54)55)39-27-9-7-6-8-10-27)35(49)43-31(37(52)53)23-45-17-15-44(16-18-45)22-30(36(50)51)42-34(48)21-38(3,4)5/h6-14,24-25,29-31,39-40H,15-23H2,1-5H3,(H,41,47)(H,42,48)(H,43,49)(H,50,51)(H,52,53)/b32-24+. The number of hydrogen-bond donors (Lipinski definition) is 7. The Morgan fingerprint density at radius 3 is 1.73 bits per heavy atom. The summed E-state index contributed by atoms with van der Waals surface area (Å²) < 4.78 is 0. The molecule has 1 saturated heterocycles. The van der Waals surface area contributed by atoms with Crippen LogP contribution in [0.2, 0.25) is 0 Å². The summed E-state index contributed by atoms with van der Waals surface area (Å²) >= 11 is 0. The van der Waals surface area contributed by atoms with E-state index in [9.17, 15) is 44.3 Å². The van der Waals surface area contributed by atoms with Crippen molar-refractivity contribution in [2.24, 2.45) is 11.3 Å². The van der Waals surface area contributed by atoms with Crippen LogP contribution in [0, 0.1) is 21.4 Å². The highest BCUT2D eigenvalue weighted by Gasteiger charge is 2.31. The van der Waals surface area contributed by atoms with Crippen molar-refractivity contribution < 1.29 is 39.1 Å². The molecule has 0 aromatic heterocycles. The Morgan fingerprint density at radius 2 is 1.25 bits per heavy atom. The van der Waals surface area contributed by atoms with Gasteiger partial charge < -0.3 is 36.8 Å². The Labute approximate surface area is 321 Å². The second-order valence-corrected chi connectivity index (χ2v) is 15.3. The predicted molar refractivity (Wildman–Crippen MR) is 206 cm³/mol. The zero-order chi connectivity index (χ0) is 40.7. The summed E-state index contributed by atoms with van der Waals surface area (Å²) in [5, 5.41) is 44.7. The van der Waals surface area contributed by atoms with E-state index in [4.69, 9.17) is 0 Å². The van der Waals surface area contributed by atoms with E-state index in [1.54, 1.807) is 48.5 Å². The van der Waals surface area contributed by atoms with E-state index >= 15 is 0 Å². The first-order valence-electron chi connectivity index (χ1n) is 18.2. The van der Waals surface area contributed by atoms with E-state index in [0.29, 0.717) is 43.1 Å². The quantitative estimate of drug-likeness (QED) is 0.0759. The van der Waals surface area contributed by atoms with Gasteiger partial charge in [0.15, 0.2) is 5.82 Å². The molecule has 3 amide bonds. The summed E-state index contributed by atoms with van der Waals surface area (Å²) in [6.45, 7) is 11.2. The van der Waals surface area contributed by atoms with Crippen LogP contribution in [0.15, 0.2) is 66.6 Å². The van der Waals surface area contributed by atoms with Gasteiger partial charge in [0.05, 0.1) is 11.3 Å². The van der Waals surface area contributed by atoms with Crippen molar-refractivity contribution in [3.8, 4) is 0 Å². The van der Waals surface area contributed by atoms with E-state index in [-0.39, 0.29) is 55.4 Å². The zero-order valence-corrected chi connectivity index (χ0v) is 32.0. The van der Waals surface area contributed by atoms with Crippen LogP contribution in [0.25, 0.3) is 0 Å². The van der Waals surface area contributed by atoms with Crippen LogP contribution in [0.4, 0.5) is 11.4 Å². The molecule has 55 heavy (non-hydrogen) atoms. The molecule has 3 rings (SSSR count). The van der Waals surface area contributed by atoms with Gasteiger partial charge in [-0.1, -0.05) is 65.0 Å². The Kier molecular flexibility index (Phi) is 16.6. The molecule has 1 heterocycles. The monoisotopic (exact) mass is 766 g/mol. The van der Waals surface area contributed by atoms with Crippen molar-refractivity contribution in [1.29, 1.82) is 0 Å². The maximum atomic E-state index is 13.4. The number of rotatable bonds is 20. The van der Waals surface area contributed by atoms with Crippen LogP contribution in [-0.4, -0.2) is 112 Å². The van der Waals surface area contributed by atoms with Gasteiger partial charge >= 0.3 is 11.9 Å². The highest BCUT2D eigenvalue weighted by molar-refractivity contribution is 5.91. The number of para-hydroxylation sites is 1. The lowest BCUT2D eigenvalue weighted by Gasteiger charge is -2.37. The fraction of sp³-hybridized carbons (Fsp3) is 0.500. The van der Waals surface area contributed by atoms with E-state index in [2.05, 4.69) is 26.6 Å². The van der Waals surface area contributed by atoms with Crippen LogP contribution >= 0.6 is 0 Å².